The number of rotatable bonds is 4. The number of nitrogens with one attached hydrogen (secondary N) is 1. The van der Waals surface area contributed by atoms with Crippen molar-refractivity contribution >= 4 is 11.7 Å². The molecule has 5 nitrogen and oxygen atoms in total. The van der Waals surface area contributed by atoms with Crippen molar-refractivity contribution in [2.24, 2.45) is 5.41 Å². The molecule has 0 fully saturated rings. The summed E-state index contributed by atoms with van der Waals surface area (Å²) in [6, 6.07) is 9.04. The maximum absolute atomic E-state index is 13.3. The topological polar surface area (TPSA) is 68.2 Å². The number of fused-ring (bicyclic) bond motifs is 1. The zero-order chi connectivity index (χ0) is 19.8. The Balaban J connectivity index is 2.26. The first-order chi connectivity index (χ1) is 12.7. The lowest BCUT2D eigenvalue weighted by atomic mass is 9.73. The average Bonchev–Trinajstić information content (AvgIpc) is 2.60. The van der Waals surface area contributed by atoms with Crippen molar-refractivity contribution in [2.45, 2.75) is 53.0 Å². The fraction of sp³-hybridized carbons (Fsp3) is 0.409. The number of carbonyl (C=O) groups is 2. The van der Waals surface area contributed by atoms with Crippen LogP contribution in [0.3, 0.4) is 0 Å². The van der Waals surface area contributed by atoms with Crippen LogP contribution >= 0.6 is 0 Å². The zero-order valence-corrected chi connectivity index (χ0v) is 16.3. The molecule has 1 atom stereocenters. The summed E-state index contributed by atoms with van der Waals surface area (Å²) in [5.41, 5.74) is 1.13. The Hall–Kier alpha value is -2.69. The summed E-state index contributed by atoms with van der Waals surface area (Å²) >= 11 is 0. The first-order valence-corrected chi connectivity index (χ1v) is 9.41. The fourth-order valence-corrected chi connectivity index (χ4v) is 3.56. The molecule has 0 radical (unpaired) electrons. The Morgan fingerprint density at radius 3 is 2.48 bits per heavy atom. The van der Waals surface area contributed by atoms with Gasteiger partial charge in [0, 0.05) is 29.9 Å². The highest BCUT2D eigenvalue weighted by atomic mass is 16.2. The van der Waals surface area contributed by atoms with Crippen LogP contribution in [0.15, 0.2) is 41.3 Å². The highest BCUT2D eigenvalue weighted by Gasteiger charge is 2.36. The minimum absolute atomic E-state index is 0.0245. The highest BCUT2D eigenvalue weighted by molar-refractivity contribution is 6.04. The number of Topliss-reactive ketones (excluding diaryl/α,β-unsaturated/α-hetero) is 1. The van der Waals surface area contributed by atoms with E-state index in [4.69, 9.17) is 0 Å². The van der Waals surface area contributed by atoms with Crippen molar-refractivity contribution in [1.82, 2.24) is 9.88 Å². The Morgan fingerprint density at radius 1 is 1.19 bits per heavy atom. The van der Waals surface area contributed by atoms with Gasteiger partial charge in [-0.05, 0) is 42.9 Å². The van der Waals surface area contributed by atoms with Gasteiger partial charge in [0.2, 0.25) is 0 Å². The summed E-state index contributed by atoms with van der Waals surface area (Å²) in [7, 11) is 0. The van der Waals surface area contributed by atoms with Crippen LogP contribution in [-0.4, -0.2) is 22.3 Å². The van der Waals surface area contributed by atoms with E-state index in [0.29, 0.717) is 29.7 Å². The number of hydrogen-bond acceptors (Lipinski definition) is 3. The van der Waals surface area contributed by atoms with E-state index in [1.54, 1.807) is 18.3 Å². The third-order valence-corrected chi connectivity index (χ3v) is 5.16. The predicted molar refractivity (Wildman–Crippen MR) is 106 cm³/mol. The second-order valence-electron chi connectivity index (χ2n) is 8.13. The van der Waals surface area contributed by atoms with Crippen LogP contribution in [0.2, 0.25) is 0 Å². The Labute approximate surface area is 159 Å². The van der Waals surface area contributed by atoms with Gasteiger partial charge in [0.1, 0.15) is 5.56 Å². The number of carbonyl (C=O) groups excluding carboxylic acids is 2. The van der Waals surface area contributed by atoms with Gasteiger partial charge in [0.25, 0.3) is 11.5 Å². The van der Waals surface area contributed by atoms with Gasteiger partial charge in [-0.1, -0.05) is 39.0 Å². The Morgan fingerprint density at radius 2 is 1.85 bits per heavy atom. The molecule has 0 aliphatic heterocycles. The van der Waals surface area contributed by atoms with Gasteiger partial charge in [0.05, 0.1) is 0 Å². The number of nitrogens with zero attached hydrogens (tertiary/aromatic N) is 1. The number of ketones is 1. The predicted octanol–water partition coefficient (Wildman–Crippen LogP) is 3.52. The van der Waals surface area contributed by atoms with Crippen LogP contribution in [0.5, 0.6) is 0 Å². The zero-order valence-electron chi connectivity index (χ0n) is 16.3. The monoisotopic (exact) mass is 366 g/mol. The standard InChI is InChI=1S/C22H26N2O3/c1-5-14(2)23-20(26)19-16-11-22(3,4)12-18(25)17(16)13-24(21(19)27)15-9-7-6-8-10-15/h6-10,13-14H,5,11-12H2,1-4H3,(H,23,26). The normalized spacial score (nSPS) is 16.5. The van der Waals surface area contributed by atoms with Crippen molar-refractivity contribution in [1.29, 1.82) is 0 Å². The molecule has 0 bridgehead atoms. The Bertz CT molecular complexity index is 942. The maximum Gasteiger partial charge on any atom is 0.268 e. The minimum atomic E-state index is -0.401. The van der Waals surface area contributed by atoms with Crippen molar-refractivity contribution in [2.75, 3.05) is 0 Å². The Kier molecular flexibility index (Phi) is 5.05. The summed E-state index contributed by atoms with van der Waals surface area (Å²) in [5.74, 6) is -0.426. The van der Waals surface area contributed by atoms with Crippen LogP contribution in [0.4, 0.5) is 0 Å². The van der Waals surface area contributed by atoms with E-state index < -0.39 is 5.91 Å². The molecule has 0 saturated heterocycles. The SMILES string of the molecule is CCC(C)NC(=O)c1c2c(cn(-c3ccccc3)c1=O)C(=O)CC(C)(C)C2. The molecule has 1 aromatic carbocycles. The molecular formula is C22H26N2O3. The highest BCUT2D eigenvalue weighted by Crippen LogP contribution is 2.35. The molecule has 2 aromatic rings. The van der Waals surface area contributed by atoms with Crippen LogP contribution in [0.1, 0.15) is 66.8 Å². The quantitative estimate of drug-likeness (QED) is 0.900. The molecule has 142 valence electrons. The summed E-state index contributed by atoms with van der Waals surface area (Å²) in [4.78, 5) is 39.0. The third kappa shape index (κ3) is 3.72. The van der Waals surface area contributed by atoms with Crippen LogP contribution in [0, 0.1) is 5.41 Å². The van der Waals surface area contributed by atoms with Gasteiger partial charge >= 0.3 is 0 Å². The molecule has 5 heteroatoms. The van der Waals surface area contributed by atoms with E-state index in [0.717, 1.165) is 6.42 Å². The first-order valence-electron chi connectivity index (χ1n) is 9.41. The molecule has 1 N–H and O–H groups in total. The van der Waals surface area contributed by atoms with Crippen LogP contribution in [0.25, 0.3) is 5.69 Å². The van der Waals surface area contributed by atoms with E-state index in [-0.39, 0.29) is 28.4 Å². The van der Waals surface area contributed by atoms with E-state index in [1.165, 1.54) is 4.57 Å². The molecule has 1 unspecified atom stereocenters. The van der Waals surface area contributed by atoms with E-state index in [2.05, 4.69) is 5.32 Å². The summed E-state index contributed by atoms with van der Waals surface area (Å²) in [6.45, 7) is 7.86. The third-order valence-electron chi connectivity index (χ3n) is 5.16. The van der Waals surface area contributed by atoms with Crippen molar-refractivity contribution in [3.05, 3.63) is 63.6 Å². The molecule has 0 saturated carbocycles. The fourth-order valence-electron chi connectivity index (χ4n) is 3.56. The average molecular weight is 366 g/mol. The summed E-state index contributed by atoms with van der Waals surface area (Å²) < 4.78 is 1.42. The molecule has 1 aliphatic carbocycles. The number of benzene rings is 1. The van der Waals surface area contributed by atoms with Gasteiger partial charge in [0.15, 0.2) is 5.78 Å². The molecule has 1 amide bonds. The molecular weight excluding hydrogens is 340 g/mol. The molecule has 1 heterocycles. The summed E-state index contributed by atoms with van der Waals surface area (Å²) in [5, 5.41) is 2.89. The first kappa shape index (κ1) is 19.1. The lowest BCUT2D eigenvalue weighted by Crippen LogP contribution is -2.41. The minimum Gasteiger partial charge on any atom is -0.349 e. The number of aromatic nitrogens is 1. The number of pyridine rings is 1. The number of hydrogen-bond donors (Lipinski definition) is 1. The van der Waals surface area contributed by atoms with E-state index in [9.17, 15) is 14.4 Å². The van der Waals surface area contributed by atoms with Gasteiger partial charge in [-0.3, -0.25) is 19.0 Å². The number of para-hydroxylation sites is 1. The molecule has 3 rings (SSSR count). The molecule has 27 heavy (non-hydrogen) atoms. The molecule has 0 spiro atoms. The second-order valence-corrected chi connectivity index (χ2v) is 8.13. The van der Waals surface area contributed by atoms with E-state index >= 15 is 0 Å². The van der Waals surface area contributed by atoms with Crippen LogP contribution < -0.4 is 10.9 Å². The van der Waals surface area contributed by atoms with Gasteiger partial charge in [-0.15, -0.1) is 0 Å². The summed E-state index contributed by atoms with van der Waals surface area (Å²) in [6.07, 6.45) is 3.30. The molecule has 1 aromatic heterocycles. The smallest absolute Gasteiger partial charge is 0.268 e. The maximum atomic E-state index is 13.3. The van der Waals surface area contributed by atoms with Crippen molar-refractivity contribution in [3.63, 3.8) is 0 Å². The lowest BCUT2D eigenvalue weighted by molar-refractivity contribution is 0.0908. The van der Waals surface area contributed by atoms with E-state index in [1.807, 2.05) is 45.9 Å². The lowest BCUT2D eigenvalue weighted by Gasteiger charge is -2.31. The second kappa shape index (κ2) is 7.14. The van der Waals surface area contributed by atoms with Gasteiger partial charge in [-0.25, -0.2) is 0 Å². The van der Waals surface area contributed by atoms with Crippen LogP contribution in [-0.2, 0) is 6.42 Å². The van der Waals surface area contributed by atoms with Crippen molar-refractivity contribution in [3.8, 4) is 5.69 Å². The van der Waals surface area contributed by atoms with Gasteiger partial charge in [-0.2, -0.15) is 0 Å². The molecule has 1 aliphatic rings. The van der Waals surface area contributed by atoms with Crippen molar-refractivity contribution < 1.29 is 9.59 Å². The number of amides is 1. The van der Waals surface area contributed by atoms with Gasteiger partial charge < -0.3 is 5.32 Å². The largest absolute Gasteiger partial charge is 0.349 e.